The molecule has 0 spiro atoms. The summed E-state index contributed by atoms with van der Waals surface area (Å²) in [6.45, 7) is 1.13. The van der Waals surface area contributed by atoms with Crippen LogP contribution in [0.1, 0.15) is 18.4 Å². The average Bonchev–Trinajstić information content (AvgIpc) is 2.41. The van der Waals surface area contributed by atoms with Crippen LogP contribution in [-0.2, 0) is 11.3 Å². The average molecular weight is 297 g/mol. The van der Waals surface area contributed by atoms with E-state index in [4.69, 9.17) is 18.0 Å². The third kappa shape index (κ3) is 6.54. The molecule has 0 radical (unpaired) electrons. The number of amides is 1. The highest BCUT2D eigenvalue weighted by atomic mass is 32.2. The van der Waals surface area contributed by atoms with E-state index in [-0.39, 0.29) is 5.91 Å². The van der Waals surface area contributed by atoms with E-state index in [0.717, 1.165) is 11.3 Å². The molecule has 0 bridgehead atoms. The second-order valence-corrected chi connectivity index (χ2v) is 5.65. The summed E-state index contributed by atoms with van der Waals surface area (Å²) < 4.78 is 0. The van der Waals surface area contributed by atoms with Gasteiger partial charge in [0.15, 0.2) is 0 Å². The van der Waals surface area contributed by atoms with Gasteiger partial charge in [0.05, 0.1) is 4.99 Å². The van der Waals surface area contributed by atoms with Crippen molar-refractivity contribution < 1.29 is 4.79 Å². The number of pyridine rings is 1. The minimum Gasteiger partial charge on any atom is -0.393 e. The molecule has 0 aliphatic heterocycles. The molecule has 1 aromatic rings. The van der Waals surface area contributed by atoms with E-state index in [1.165, 1.54) is 0 Å². The molecule has 4 nitrogen and oxygen atoms in total. The predicted molar refractivity (Wildman–Crippen MR) is 84.1 cm³/mol. The van der Waals surface area contributed by atoms with Crippen molar-refractivity contribution >= 4 is 34.9 Å². The van der Waals surface area contributed by atoms with Crippen LogP contribution in [-0.4, -0.2) is 39.3 Å². The Labute approximate surface area is 123 Å². The van der Waals surface area contributed by atoms with Gasteiger partial charge < -0.3 is 10.6 Å². The fraction of sp³-hybridized carbons (Fsp3) is 0.462. The number of aromatic nitrogens is 1. The van der Waals surface area contributed by atoms with Gasteiger partial charge in [0.25, 0.3) is 0 Å². The number of nitrogens with zero attached hydrogens (tertiary/aromatic N) is 2. The van der Waals surface area contributed by atoms with E-state index in [1.54, 1.807) is 29.1 Å². The van der Waals surface area contributed by atoms with Gasteiger partial charge in [0.1, 0.15) is 0 Å². The van der Waals surface area contributed by atoms with Crippen LogP contribution in [0.3, 0.4) is 0 Å². The van der Waals surface area contributed by atoms with E-state index in [9.17, 15) is 4.79 Å². The van der Waals surface area contributed by atoms with Gasteiger partial charge in [0.2, 0.25) is 5.91 Å². The first kappa shape index (κ1) is 15.9. The van der Waals surface area contributed by atoms with Gasteiger partial charge in [-0.1, -0.05) is 18.3 Å². The van der Waals surface area contributed by atoms with Crippen LogP contribution in [0.25, 0.3) is 0 Å². The highest BCUT2D eigenvalue weighted by Crippen LogP contribution is 2.08. The fourth-order valence-corrected chi connectivity index (χ4v) is 2.07. The van der Waals surface area contributed by atoms with E-state index in [0.29, 0.717) is 30.9 Å². The molecule has 0 saturated heterocycles. The second-order valence-electron chi connectivity index (χ2n) is 4.14. The molecule has 1 aromatic heterocycles. The quantitative estimate of drug-likeness (QED) is 0.742. The summed E-state index contributed by atoms with van der Waals surface area (Å²) in [6.07, 6.45) is 6.58. The molecule has 19 heavy (non-hydrogen) atoms. The van der Waals surface area contributed by atoms with Crippen molar-refractivity contribution in [1.82, 2.24) is 9.88 Å². The van der Waals surface area contributed by atoms with Crippen LogP contribution >= 0.6 is 24.0 Å². The molecule has 0 aliphatic rings. The summed E-state index contributed by atoms with van der Waals surface area (Å²) in [6, 6.07) is 3.83. The number of nitrogens with two attached hydrogens (primary N) is 1. The SMILES string of the molecule is CSCCC(=O)N(CCC(N)=S)Cc1cccnc1. The molecule has 6 heteroatoms. The molecule has 1 heterocycles. The summed E-state index contributed by atoms with van der Waals surface area (Å²) in [5.74, 6) is 0.963. The van der Waals surface area contributed by atoms with E-state index in [1.807, 2.05) is 18.4 Å². The van der Waals surface area contributed by atoms with Crippen LogP contribution in [0, 0.1) is 0 Å². The maximum Gasteiger partial charge on any atom is 0.223 e. The highest BCUT2D eigenvalue weighted by molar-refractivity contribution is 7.98. The summed E-state index contributed by atoms with van der Waals surface area (Å²) >= 11 is 6.54. The largest absolute Gasteiger partial charge is 0.393 e. The first-order valence-corrected chi connectivity index (χ1v) is 7.87. The second kappa shape index (κ2) is 8.87. The Morgan fingerprint density at radius 3 is 2.89 bits per heavy atom. The summed E-state index contributed by atoms with van der Waals surface area (Å²) in [4.78, 5) is 18.4. The number of carbonyl (C=O) groups excluding carboxylic acids is 1. The molecule has 0 fully saturated rings. The van der Waals surface area contributed by atoms with Crippen molar-refractivity contribution in [2.45, 2.75) is 19.4 Å². The predicted octanol–water partition coefficient (Wildman–Crippen LogP) is 1.84. The maximum atomic E-state index is 12.1. The zero-order chi connectivity index (χ0) is 14.1. The van der Waals surface area contributed by atoms with Gasteiger partial charge in [-0.15, -0.1) is 0 Å². The minimum absolute atomic E-state index is 0.134. The molecule has 2 N–H and O–H groups in total. The topological polar surface area (TPSA) is 59.2 Å². The van der Waals surface area contributed by atoms with E-state index >= 15 is 0 Å². The summed E-state index contributed by atoms with van der Waals surface area (Å²) in [7, 11) is 0. The third-order valence-electron chi connectivity index (χ3n) is 2.60. The van der Waals surface area contributed by atoms with Gasteiger partial charge in [0, 0.05) is 44.1 Å². The zero-order valence-electron chi connectivity index (χ0n) is 11.0. The molecule has 0 aromatic carbocycles. The van der Waals surface area contributed by atoms with E-state index < -0.39 is 0 Å². The van der Waals surface area contributed by atoms with Crippen LogP contribution in [0.4, 0.5) is 0 Å². The normalized spacial score (nSPS) is 10.2. The summed E-state index contributed by atoms with van der Waals surface area (Å²) in [5, 5.41) is 0. The Morgan fingerprint density at radius 1 is 1.53 bits per heavy atom. The lowest BCUT2D eigenvalue weighted by molar-refractivity contribution is -0.131. The van der Waals surface area contributed by atoms with Crippen LogP contribution in [0.2, 0.25) is 0 Å². The van der Waals surface area contributed by atoms with Gasteiger partial charge in [-0.25, -0.2) is 0 Å². The molecular formula is C13H19N3OS2. The van der Waals surface area contributed by atoms with Crippen molar-refractivity contribution in [3.63, 3.8) is 0 Å². The van der Waals surface area contributed by atoms with Crippen molar-refractivity contribution in [2.24, 2.45) is 5.73 Å². The van der Waals surface area contributed by atoms with Crippen molar-refractivity contribution in [1.29, 1.82) is 0 Å². The Balaban J connectivity index is 2.62. The number of thioether (sulfide) groups is 1. The van der Waals surface area contributed by atoms with Crippen LogP contribution < -0.4 is 5.73 Å². The number of carbonyl (C=O) groups is 1. The molecule has 1 amide bonds. The number of hydrogen-bond acceptors (Lipinski definition) is 4. The lowest BCUT2D eigenvalue weighted by atomic mass is 10.2. The van der Waals surface area contributed by atoms with Gasteiger partial charge in [-0.2, -0.15) is 11.8 Å². The molecule has 104 valence electrons. The molecular weight excluding hydrogens is 278 g/mol. The van der Waals surface area contributed by atoms with Crippen LogP contribution in [0.5, 0.6) is 0 Å². The van der Waals surface area contributed by atoms with Crippen LogP contribution in [0.15, 0.2) is 24.5 Å². The van der Waals surface area contributed by atoms with Gasteiger partial charge >= 0.3 is 0 Å². The van der Waals surface area contributed by atoms with E-state index in [2.05, 4.69) is 4.98 Å². The number of thiocarbonyl (C=S) groups is 1. The summed E-state index contributed by atoms with van der Waals surface area (Å²) in [5.41, 5.74) is 6.53. The van der Waals surface area contributed by atoms with Gasteiger partial charge in [-0.3, -0.25) is 9.78 Å². The number of hydrogen-bond donors (Lipinski definition) is 1. The third-order valence-corrected chi connectivity index (χ3v) is 3.41. The zero-order valence-corrected chi connectivity index (χ0v) is 12.7. The fourth-order valence-electron chi connectivity index (χ4n) is 1.60. The monoisotopic (exact) mass is 297 g/mol. The molecule has 0 aliphatic carbocycles. The number of rotatable bonds is 8. The Morgan fingerprint density at radius 2 is 2.32 bits per heavy atom. The Bertz CT molecular complexity index is 412. The first-order valence-electron chi connectivity index (χ1n) is 6.07. The minimum atomic E-state index is 0.134. The molecule has 0 unspecified atom stereocenters. The smallest absolute Gasteiger partial charge is 0.223 e. The first-order chi connectivity index (χ1) is 9.13. The Hall–Kier alpha value is -1.14. The van der Waals surface area contributed by atoms with Gasteiger partial charge in [-0.05, 0) is 17.9 Å². The van der Waals surface area contributed by atoms with Crippen molar-refractivity contribution in [3.05, 3.63) is 30.1 Å². The molecule has 0 atom stereocenters. The van der Waals surface area contributed by atoms with Crippen molar-refractivity contribution in [3.8, 4) is 0 Å². The lowest BCUT2D eigenvalue weighted by Gasteiger charge is -2.22. The molecule has 1 rings (SSSR count). The highest BCUT2D eigenvalue weighted by Gasteiger charge is 2.13. The standard InChI is InChI=1S/C13H19N3OS2/c1-19-8-5-13(17)16(7-4-12(14)18)10-11-3-2-6-15-9-11/h2-3,6,9H,4-5,7-8,10H2,1H3,(H2,14,18). The molecule has 0 saturated carbocycles. The Kier molecular flexibility index (Phi) is 7.43. The maximum absolute atomic E-state index is 12.1. The lowest BCUT2D eigenvalue weighted by Crippen LogP contribution is -2.33. The van der Waals surface area contributed by atoms with Crippen molar-refractivity contribution in [2.75, 3.05) is 18.6 Å².